The molecule has 1 aliphatic heterocycles. The largest absolute Gasteiger partial charge is 0.465 e. The number of carbonyl (C=O) groups excluding carboxylic acids is 1. The summed E-state index contributed by atoms with van der Waals surface area (Å²) in [6.07, 6.45) is 1.26. The van der Waals surface area contributed by atoms with Crippen molar-refractivity contribution in [1.29, 1.82) is 0 Å². The highest BCUT2D eigenvalue weighted by molar-refractivity contribution is 5.70. The zero-order chi connectivity index (χ0) is 13.9. The summed E-state index contributed by atoms with van der Waals surface area (Å²) < 4.78 is 11.4. The van der Waals surface area contributed by atoms with Gasteiger partial charge in [-0.1, -0.05) is 37.3 Å². The number of hydrogen-bond acceptors (Lipinski definition) is 3. The summed E-state index contributed by atoms with van der Waals surface area (Å²) in [6, 6.07) is 10.1. The van der Waals surface area contributed by atoms with Crippen LogP contribution in [0.3, 0.4) is 0 Å². The summed E-state index contributed by atoms with van der Waals surface area (Å²) in [6.45, 7) is 6.69. The van der Waals surface area contributed by atoms with Crippen LogP contribution < -0.4 is 0 Å². The van der Waals surface area contributed by atoms with Gasteiger partial charge in [0.25, 0.3) is 0 Å². The predicted molar refractivity (Wildman–Crippen MR) is 73.7 cm³/mol. The van der Waals surface area contributed by atoms with E-state index in [2.05, 4.69) is 32.9 Å². The molecule has 1 heterocycles. The number of carbonyl (C=O) groups is 1. The van der Waals surface area contributed by atoms with Gasteiger partial charge in [-0.05, 0) is 25.8 Å². The first-order chi connectivity index (χ1) is 9.03. The highest BCUT2D eigenvalue weighted by Crippen LogP contribution is 2.32. The van der Waals surface area contributed by atoms with Crippen LogP contribution in [0.2, 0.25) is 0 Å². The minimum atomic E-state index is -0.392. The quantitative estimate of drug-likeness (QED) is 0.781. The van der Waals surface area contributed by atoms with Crippen molar-refractivity contribution in [2.45, 2.75) is 45.3 Å². The summed E-state index contributed by atoms with van der Waals surface area (Å²) in [5, 5.41) is 0. The van der Waals surface area contributed by atoms with Crippen molar-refractivity contribution in [3.8, 4) is 0 Å². The van der Waals surface area contributed by atoms with Gasteiger partial charge in [0.2, 0.25) is 0 Å². The minimum absolute atomic E-state index is 0.0542. The third-order valence-corrected chi connectivity index (χ3v) is 3.79. The van der Waals surface area contributed by atoms with Crippen molar-refractivity contribution >= 4 is 5.97 Å². The van der Waals surface area contributed by atoms with Gasteiger partial charge in [-0.15, -0.1) is 0 Å². The highest BCUT2D eigenvalue weighted by Gasteiger charge is 2.35. The third kappa shape index (κ3) is 3.35. The second-order valence-electron chi connectivity index (χ2n) is 5.59. The van der Waals surface area contributed by atoms with Crippen LogP contribution in [0.25, 0.3) is 0 Å². The Labute approximate surface area is 114 Å². The van der Waals surface area contributed by atoms with E-state index in [0.29, 0.717) is 18.9 Å². The molecule has 1 aromatic carbocycles. The average molecular weight is 262 g/mol. The fourth-order valence-electron chi connectivity index (χ4n) is 2.50. The second-order valence-corrected chi connectivity index (χ2v) is 5.59. The Morgan fingerprint density at radius 1 is 1.32 bits per heavy atom. The Hall–Kier alpha value is -1.35. The lowest BCUT2D eigenvalue weighted by Gasteiger charge is -2.37. The van der Waals surface area contributed by atoms with E-state index >= 15 is 0 Å². The summed E-state index contributed by atoms with van der Waals surface area (Å²) >= 11 is 0. The van der Waals surface area contributed by atoms with Crippen molar-refractivity contribution < 1.29 is 14.3 Å². The molecule has 104 valence electrons. The monoisotopic (exact) mass is 262 g/mol. The first-order valence-corrected chi connectivity index (χ1v) is 6.92. The van der Waals surface area contributed by atoms with Gasteiger partial charge in [0, 0.05) is 5.92 Å². The standard InChI is InChI=1S/C16H22O3/c1-4-12-11-18-15(17)10-14(12)19-16(2,3)13-8-6-5-7-9-13/h5-9,12,14H,4,10-11H2,1-3H3/t12-,14-/m1/s1. The van der Waals surface area contributed by atoms with E-state index in [1.807, 2.05) is 18.2 Å². The van der Waals surface area contributed by atoms with Gasteiger partial charge in [0.1, 0.15) is 0 Å². The molecule has 0 N–H and O–H groups in total. The van der Waals surface area contributed by atoms with Crippen LogP contribution in [-0.2, 0) is 19.9 Å². The van der Waals surface area contributed by atoms with Gasteiger partial charge in [0.05, 0.1) is 24.7 Å². The molecule has 2 rings (SSSR count). The lowest BCUT2D eigenvalue weighted by molar-refractivity contribution is -0.173. The molecule has 3 heteroatoms. The number of esters is 1. The molecule has 3 nitrogen and oxygen atoms in total. The van der Waals surface area contributed by atoms with Crippen LogP contribution in [0.5, 0.6) is 0 Å². The first-order valence-electron chi connectivity index (χ1n) is 6.92. The zero-order valence-electron chi connectivity index (χ0n) is 11.9. The second kappa shape index (κ2) is 5.74. The summed E-state index contributed by atoms with van der Waals surface area (Å²) in [4.78, 5) is 11.5. The topological polar surface area (TPSA) is 35.5 Å². The molecule has 0 aliphatic carbocycles. The van der Waals surface area contributed by atoms with Gasteiger partial charge in [-0.3, -0.25) is 4.79 Å². The van der Waals surface area contributed by atoms with E-state index in [1.54, 1.807) is 0 Å². The Morgan fingerprint density at radius 3 is 2.63 bits per heavy atom. The van der Waals surface area contributed by atoms with Crippen molar-refractivity contribution in [2.24, 2.45) is 5.92 Å². The molecular formula is C16H22O3. The number of ether oxygens (including phenoxy) is 2. The molecule has 1 fully saturated rings. The van der Waals surface area contributed by atoms with E-state index in [1.165, 1.54) is 0 Å². The maximum Gasteiger partial charge on any atom is 0.308 e. The lowest BCUT2D eigenvalue weighted by atomic mass is 9.92. The van der Waals surface area contributed by atoms with Crippen LogP contribution in [0.4, 0.5) is 0 Å². The molecule has 0 amide bonds. The third-order valence-electron chi connectivity index (χ3n) is 3.79. The highest BCUT2D eigenvalue weighted by atomic mass is 16.6. The SMILES string of the molecule is CC[C@@H]1COC(=O)C[C@H]1OC(C)(C)c1ccccc1. The smallest absolute Gasteiger partial charge is 0.308 e. The molecule has 2 atom stereocenters. The number of rotatable bonds is 4. The fraction of sp³-hybridized carbons (Fsp3) is 0.562. The van der Waals surface area contributed by atoms with Gasteiger partial charge in [0.15, 0.2) is 0 Å². The minimum Gasteiger partial charge on any atom is -0.465 e. The lowest BCUT2D eigenvalue weighted by Crippen LogP contribution is -2.40. The van der Waals surface area contributed by atoms with Crippen molar-refractivity contribution in [2.75, 3.05) is 6.61 Å². The van der Waals surface area contributed by atoms with Crippen LogP contribution in [0.1, 0.15) is 39.2 Å². The maximum absolute atomic E-state index is 11.5. The van der Waals surface area contributed by atoms with Crippen molar-refractivity contribution in [3.63, 3.8) is 0 Å². The molecule has 0 bridgehead atoms. The van der Waals surface area contributed by atoms with Gasteiger partial charge < -0.3 is 9.47 Å². The van der Waals surface area contributed by atoms with E-state index in [-0.39, 0.29) is 12.1 Å². The van der Waals surface area contributed by atoms with Crippen LogP contribution in [0, 0.1) is 5.92 Å². The van der Waals surface area contributed by atoms with E-state index < -0.39 is 5.60 Å². The molecule has 0 aromatic heterocycles. The molecule has 1 aliphatic rings. The van der Waals surface area contributed by atoms with Crippen LogP contribution in [-0.4, -0.2) is 18.7 Å². The molecule has 0 saturated carbocycles. The molecule has 1 saturated heterocycles. The molecule has 0 spiro atoms. The van der Waals surface area contributed by atoms with Gasteiger partial charge in [-0.25, -0.2) is 0 Å². The van der Waals surface area contributed by atoms with Crippen molar-refractivity contribution in [3.05, 3.63) is 35.9 Å². The molecule has 0 radical (unpaired) electrons. The maximum atomic E-state index is 11.5. The van der Waals surface area contributed by atoms with E-state index in [4.69, 9.17) is 9.47 Å². The number of benzene rings is 1. The zero-order valence-corrected chi connectivity index (χ0v) is 11.9. The Morgan fingerprint density at radius 2 is 2.00 bits per heavy atom. The fourth-order valence-corrected chi connectivity index (χ4v) is 2.50. The Kier molecular flexibility index (Phi) is 4.25. The molecule has 19 heavy (non-hydrogen) atoms. The average Bonchev–Trinajstić information content (AvgIpc) is 2.39. The Balaban J connectivity index is 2.11. The first kappa shape index (κ1) is 14.1. The molecule has 0 unspecified atom stereocenters. The predicted octanol–water partition coefficient (Wildman–Crippen LogP) is 3.28. The van der Waals surface area contributed by atoms with Crippen LogP contribution >= 0.6 is 0 Å². The summed E-state index contributed by atoms with van der Waals surface area (Å²) in [5.41, 5.74) is 0.737. The van der Waals surface area contributed by atoms with E-state index in [0.717, 1.165) is 12.0 Å². The summed E-state index contributed by atoms with van der Waals surface area (Å²) in [7, 11) is 0. The van der Waals surface area contributed by atoms with Gasteiger partial charge in [-0.2, -0.15) is 0 Å². The van der Waals surface area contributed by atoms with E-state index in [9.17, 15) is 4.79 Å². The van der Waals surface area contributed by atoms with Crippen LogP contribution in [0.15, 0.2) is 30.3 Å². The van der Waals surface area contributed by atoms with Gasteiger partial charge >= 0.3 is 5.97 Å². The molecular weight excluding hydrogens is 240 g/mol. The number of hydrogen-bond donors (Lipinski definition) is 0. The number of cyclic esters (lactones) is 1. The molecule has 1 aromatic rings. The normalized spacial score (nSPS) is 24.1. The van der Waals surface area contributed by atoms with Crippen molar-refractivity contribution in [1.82, 2.24) is 0 Å². The Bertz CT molecular complexity index is 425. The summed E-state index contributed by atoms with van der Waals surface area (Å²) in [5.74, 6) is 0.138.